The van der Waals surface area contributed by atoms with Gasteiger partial charge < -0.3 is 29.4 Å². The lowest BCUT2D eigenvalue weighted by molar-refractivity contribution is -0.143. The van der Waals surface area contributed by atoms with Crippen LogP contribution in [0.5, 0.6) is 23.0 Å². The van der Waals surface area contributed by atoms with Gasteiger partial charge in [-0.25, -0.2) is 4.79 Å². The van der Waals surface area contributed by atoms with E-state index in [0.29, 0.717) is 28.6 Å². The summed E-state index contributed by atoms with van der Waals surface area (Å²) in [6.45, 7) is 3.18. The van der Waals surface area contributed by atoms with Crippen molar-refractivity contribution in [3.8, 4) is 23.0 Å². The van der Waals surface area contributed by atoms with E-state index in [0.717, 1.165) is 5.56 Å². The van der Waals surface area contributed by atoms with Crippen LogP contribution in [-0.4, -0.2) is 42.2 Å². The molecule has 0 saturated carbocycles. The molecule has 0 saturated heterocycles. The average molecular weight is 439 g/mol. The first kappa shape index (κ1) is 21.2. The molecule has 0 aromatic heterocycles. The molecular weight excluding hydrogens is 418 g/mol. The summed E-state index contributed by atoms with van der Waals surface area (Å²) in [5.41, 5.74) is 1.09. The van der Waals surface area contributed by atoms with Crippen molar-refractivity contribution in [3.05, 3.63) is 53.3 Å². The lowest BCUT2D eigenvalue weighted by atomic mass is 10.1. The summed E-state index contributed by atoms with van der Waals surface area (Å²) in [6.07, 6.45) is 1.61. The van der Waals surface area contributed by atoms with Crippen LogP contribution in [0.2, 0.25) is 0 Å². The van der Waals surface area contributed by atoms with Gasteiger partial charge in [0.15, 0.2) is 23.9 Å². The van der Waals surface area contributed by atoms with Crippen molar-refractivity contribution in [1.29, 1.82) is 0 Å². The fourth-order valence-corrected chi connectivity index (χ4v) is 3.29. The first-order valence-electron chi connectivity index (χ1n) is 9.94. The lowest BCUT2D eigenvalue weighted by Crippen LogP contribution is -2.46. The number of benzene rings is 2. The van der Waals surface area contributed by atoms with Crippen molar-refractivity contribution in [2.45, 2.75) is 19.9 Å². The molecular formula is C23H21NO8. The Kier molecular flexibility index (Phi) is 5.72. The van der Waals surface area contributed by atoms with Crippen LogP contribution in [0, 0.1) is 5.92 Å². The Morgan fingerprint density at radius 1 is 1.12 bits per heavy atom. The molecule has 4 rings (SSSR count). The number of nitrogens with one attached hydrogen (secondary N) is 1. The van der Waals surface area contributed by atoms with Gasteiger partial charge in [0, 0.05) is 6.07 Å². The van der Waals surface area contributed by atoms with Gasteiger partial charge in [0.1, 0.15) is 17.5 Å². The highest BCUT2D eigenvalue weighted by Gasteiger charge is 2.28. The van der Waals surface area contributed by atoms with Crippen LogP contribution in [0.15, 0.2) is 42.2 Å². The highest BCUT2D eigenvalue weighted by molar-refractivity contribution is 6.14. The highest BCUT2D eigenvalue weighted by Crippen LogP contribution is 2.37. The van der Waals surface area contributed by atoms with E-state index in [4.69, 9.17) is 24.1 Å². The molecule has 32 heavy (non-hydrogen) atoms. The van der Waals surface area contributed by atoms with Crippen molar-refractivity contribution >= 4 is 23.7 Å². The second-order valence-electron chi connectivity index (χ2n) is 7.63. The number of carboxylic acid groups (broad SMARTS) is 1. The van der Waals surface area contributed by atoms with Crippen LogP contribution < -0.4 is 24.3 Å². The van der Waals surface area contributed by atoms with Gasteiger partial charge >= 0.3 is 5.97 Å². The number of hydrogen-bond donors (Lipinski definition) is 2. The van der Waals surface area contributed by atoms with Gasteiger partial charge in [0.2, 0.25) is 12.6 Å². The van der Waals surface area contributed by atoms with Crippen LogP contribution in [-0.2, 0) is 9.59 Å². The summed E-state index contributed by atoms with van der Waals surface area (Å²) in [5, 5.41) is 11.6. The van der Waals surface area contributed by atoms with Gasteiger partial charge in [-0.15, -0.1) is 0 Å². The Bertz CT molecular complexity index is 1120. The maximum Gasteiger partial charge on any atom is 0.326 e. The van der Waals surface area contributed by atoms with E-state index in [1.165, 1.54) is 6.07 Å². The number of rotatable bonds is 7. The number of ether oxygens (including phenoxy) is 4. The summed E-state index contributed by atoms with van der Waals surface area (Å²) in [7, 11) is 0. The van der Waals surface area contributed by atoms with E-state index in [1.54, 1.807) is 50.3 Å². The van der Waals surface area contributed by atoms with E-state index in [1.807, 2.05) is 0 Å². The molecule has 166 valence electrons. The molecule has 0 aliphatic carbocycles. The molecule has 2 aliphatic heterocycles. The van der Waals surface area contributed by atoms with E-state index < -0.39 is 17.9 Å². The van der Waals surface area contributed by atoms with E-state index in [2.05, 4.69) is 5.32 Å². The van der Waals surface area contributed by atoms with Crippen molar-refractivity contribution < 1.29 is 38.4 Å². The molecule has 0 radical (unpaired) electrons. The average Bonchev–Trinajstić information content (AvgIpc) is 3.34. The number of carbonyl (C=O) groups excluding carboxylic acids is 2. The van der Waals surface area contributed by atoms with Crippen molar-refractivity contribution in [1.82, 2.24) is 5.32 Å². The molecule has 0 bridgehead atoms. The predicted octanol–water partition coefficient (Wildman–Crippen LogP) is 2.64. The number of amides is 1. The largest absolute Gasteiger partial charge is 0.484 e. The topological polar surface area (TPSA) is 120 Å². The predicted molar refractivity (Wildman–Crippen MR) is 112 cm³/mol. The number of carbonyl (C=O) groups is 3. The molecule has 2 aliphatic rings. The zero-order valence-electron chi connectivity index (χ0n) is 17.4. The number of hydrogen-bond acceptors (Lipinski definition) is 7. The van der Waals surface area contributed by atoms with Gasteiger partial charge in [-0.3, -0.25) is 9.59 Å². The summed E-state index contributed by atoms with van der Waals surface area (Å²) in [5.74, 6) is -0.213. The molecule has 1 amide bonds. The third-order valence-corrected chi connectivity index (χ3v) is 4.95. The number of aliphatic carboxylic acids is 1. The molecule has 0 unspecified atom stereocenters. The van der Waals surface area contributed by atoms with Gasteiger partial charge in [-0.05, 0) is 41.8 Å². The second kappa shape index (κ2) is 8.62. The minimum absolute atomic E-state index is 0.148. The first-order chi connectivity index (χ1) is 15.3. The van der Waals surface area contributed by atoms with Crippen LogP contribution in [0.25, 0.3) is 6.08 Å². The van der Waals surface area contributed by atoms with Crippen molar-refractivity contribution in [2.24, 2.45) is 5.92 Å². The lowest BCUT2D eigenvalue weighted by Gasteiger charge is -2.18. The third kappa shape index (κ3) is 4.36. The molecule has 2 N–H and O–H groups in total. The number of ketones is 1. The van der Waals surface area contributed by atoms with Gasteiger partial charge in [0.05, 0.1) is 5.56 Å². The zero-order chi connectivity index (χ0) is 22.8. The number of fused-ring (bicyclic) bond motifs is 2. The van der Waals surface area contributed by atoms with Crippen molar-refractivity contribution in [3.63, 3.8) is 0 Å². The Morgan fingerprint density at radius 3 is 2.66 bits per heavy atom. The molecule has 9 heteroatoms. The SMILES string of the molecule is CC(C)[C@@H](NC(=O)COc1ccc2c(c1)O/C(=C\c1ccc3c(c1)OCO3)C2=O)C(=O)O. The van der Waals surface area contributed by atoms with Crippen LogP contribution in [0.1, 0.15) is 29.8 Å². The molecule has 0 fully saturated rings. The Labute approximate surface area is 183 Å². The monoisotopic (exact) mass is 439 g/mol. The standard InChI is InChI=1S/C23H21NO8/c1-12(2)21(23(27)28)24-20(25)10-29-14-4-5-15-17(9-14)32-19(22(15)26)8-13-3-6-16-18(7-13)31-11-30-16/h3-9,12,21H,10-11H2,1-2H3,(H,24,25)(H,27,28)/b19-8-/t21-/m1/s1. The normalized spacial score (nSPS) is 16.0. The minimum Gasteiger partial charge on any atom is -0.484 e. The molecule has 2 heterocycles. The second-order valence-corrected chi connectivity index (χ2v) is 7.63. The van der Waals surface area contributed by atoms with Crippen LogP contribution >= 0.6 is 0 Å². The van der Waals surface area contributed by atoms with Gasteiger partial charge in [0.25, 0.3) is 5.91 Å². The zero-order valence-corrected chi connectivity index (χ0v) is 17.4. The van der Waals surface area contributed by atoms with E-state index in [9.17, 15) is 14.4 Å². The van der Waals surface area contributed by atoms with Crippen molar-refractivity contribution in [2.75, 3.05) is 13.4 Å². The summed E-state index contributed by atoms with van der Waals surface area (Å²) in [6, 6.07) is 8.91. The number of allylic oxidation sites excluding steroid dienone is 1. The van der Waals surface area contributed by atoms with E-state index in [-0.39, 0.29) is 30.9 Å². The maximum absolute atomic E-state index is 12.7. The highest BCUT2D eigenvalue weighted by atomic mass is 16.7. The number of carboxylic acids is 1. The van der Waals surface area contributed by atoms with E-state index >= 15 is 0 Å². The Balaban J connectivity index is 1.42. The molecule has 0 spiro atoms. The van der Waals surface area contributed by atoms with Gasteiger partial charge in [-0.1, -0.05) is 19.9 Å². The summed E-state index contributed by atoms with van der Waals surface area (Å²) in [4.78, 5) is 35.9. The molecule has 2 aromatic rings. The molecule has 1 atom stereocenters. The number of Topliss-reactive ketones (excluding diaryl/α,β-unsaturated/α-hetero) is 1. The minimum atomic E-state index is -1.11. The molecule has 9 nitrogen and oxygen atoms in total. The first-order valence-corrected chi connectivity index (χ1v) is 9.94. The Morgan fingerprint density at radius 2 is 1.91 bits per heavy atom. The quantitative estimate of drug-likeness (QED) is 0.632. The summed E-state index contributed by atoms with van der Waals surface area (Å²) < 4.78 is 21.8. The maximum atomic E-state index is 12.7. The van der Waals surface area contributed by atoms with Gasteiger partial charge in [-0.2, -0.15) is 0 Å². The fourth-order valence-electron chi connectivity index (χ4n) is 3.29. The fraction of sp³-hybridized carbons (Fsp3) is 0.261. The van der Waals surface area contributed by atoms with Crippen LogP contribution in [0.3, 0.4) is 0 Å². The van der Waals surface area contributed by atoms with Crippen LogP contribution in [0.4, 0.5) is 0 Å². The molecule has 2 aromatic carbocycles. The Hall–Kier alpha value is -4.01. The summed E-state index contributed by atoms with van der Waals surface area (Å²) >= 11 is 0. The third-order valence-electron chi connectivity index (χ3n) is 4.95. The smallest absolute Gasteiger partial charge is 0.326 e.